The van der Waals surface area contributed by atoms with Crippen LogP contribution in [0.2, 0.25) is 0 Å². The van der Waals surface area contributed by atoms with E-state index >= 15 is 0 Å². The maximum Gasteiger partial charge on any atom is 0.233 e. The van der Waals surface area contributed by atoms with E-state index in [0.29, 0.717) is 6.04 Å². The van der Waals surface area contributed by atoms with Crippen molar-refractivity contribution in [3.8, 4) is 5.88 Å². The number of nitrogens with one attached hydrogen (secondary N) is 1. The van der Waals surface area contributed by atoms with Crippen LogP contribution < -0.4 is 10.1 Å². The van der Waals surface area contributed by atoms with Gasteiger partial charge in [-0.2, -0.15) is 4.37 Å². The number of benzene rings is 1. The Bertz CT molecular complexity index is 505. The molecule has 4 heteroatoms. The fraction of sp³-hybridized carbons (Fsp3) is 0.500. The summed E-state index contributed by atoms with van der Waals surface area (Å²) in [7, 11) is 0. The molecule has 0 radical (unpaired) electrons. The van der Waals surface area contributed by atoms with E-state index in [9.17, 15) is 0 Å². The Morgan fingerprint density at radius 3 is 3.17 bits per heavy atom. The van der Waals surface area contributed by atoms with Crippen LogP contribution in [0.25, 0.3) is 10.1 Å². The van der Waals surface area contributed by atoms with Crippen molar-refractivity contribution >= 4 is 21.6 Å². The van der Waals surface area contributed by atoms with Crippen molar-refractivity contribution in [3.05, 3.63) is 24.3 Å². The van der Waals surface area contributed by atoms with Gasteiger partial charge in [0, 0.05) is 6.04 Å². The molecule has 0 aliphatic carbocycles. The number of rotatable bonds is 4. The van der Waals surface area contributed by atoms with Crippen LogP contribution >= 0.6 is 11.5 Å². The molecule has 0 spiro atoms. The van der Waals surface area contributed by atoms with Crippen molar-refractivity contribution in [3.63, 3.8) is 0 Å². The van der Waals surface area contributed by atoms with Crippen LogP contribution in [0.5, 0.6) is 5.88 Å². The summed E-state index contributed by atoms with van der Waals surface area (Å²) in [5.74, 6) is 0.798. The van der Waals surface area contributed by atoms with Gasteiger partial charge in [-0.1, -0.05) is 18.6 Å². The van der Waals surface area contributed by atoms with E-state index in [1.165, 1.54) is 35.5 Å². The van der Waals surface area contributed by atoms with Crippen LogP contribution in [0.15, 0.2) is 24.3 Å². The van der Waals surface area contributed by atoms with Crippen LogP contribution in [0.3, 0.4) is 0 Å². The molecule has 0 bridgehead atoms. The molecule has 0 saturated carbocycles. The van der Waals surface area contributed by atoms with Crippen molar-refractivity contribution in [1.29, 1.82) is 0 Å². The van der Waals surface area contributed by atoms with Crippen LogP contribution in [-0.4, -0.2) is 23.6 Å². The number of fused-ring (bicyclic) bond motifs is 1. The second kappa shape index (κ2) is 5.67. The maximum atomic E-state index is 5.82. The molecule has 1 aliphatic heterocycles. The summed E-state index contributed by atoms with van der Waals surface area (Å²) >= 11 is 1.51. The first kappa shape index (κ1) is 11.9. The van der Waals surface area contributed by atoms with Gasteiger partial charge in [-0.05, 0) is 49.5 Å². The predicted octanol–water partition coefficient (Wildman–Crippen LogP) is 3.21. The summed E-state index contributed by atoms with van der Waals surface area (Å²) in [6, 6.07) is 8.86. The molecular weight excluding hydrogens is 244 g/mol. The quantitative estimate of drug-likeness (QED) is 0.918. The van der Waals surface area contributed by atoms with E-state index in [4.69, 9.17) is 4.74 Å². The van der Waals surface area contributed by atoms with Crippen LogP contribution in [0.1, 0.15) is 25.7 Å². The van der Waals surface area contributed by atoms with Crippen molar-refractivity contribution < 1.29 is 4.74 Å². The van der Waals surface area contributed by atoms with Gasteiger partial charge in [0.05, 0.1) is 16.7 Å². The number of hydrogen-bond acceptors (Lipinski definition) is 4. The first-order valence-corrected chi connectivity index (χ1v) is 7.41. The average molecular weight is 262 g/mol. The first-order chi connectivity index (χ1) is 8.93. The van der Waals surface area contributed by atoms with Crippen molar-refractivity contribution in [2.75, 3.05) is 13.2 Å². The van der Waals surface area contributed by atoms with Gasteiger partial charge in [-0.25, -0.2) is 0 Å². The Labute approximate surface area is 111 Å². The molecule has 1 aromatic heterocycles. The van der Waals surface area contributed by atoms with Gasteiger partial charge in [0.2, 0.25) is 5.88 Å². The van der Waals surface area contributed by atoms with E-state index in [1.54, 1.807) is 0 Å². The second-order valence-corrected chi connectivity index (χ2v) is 5.57. The Kier molecular flexibility index (Phi) is 3.76. The molecule has 1 saturated heterocycles. The minimum absolute atomic E-state index is 0.628. The highest BCUT2D eigenvalue weighted by atomic mass is 32.1. The lowest BCUT2D eigenvalue weighted by Crippen LogP contribution is -2.35. The first-order valence-electron chi connectivity index (χ1n) is 6.64. The van der Waals surface area contributed by atoms with Crippen LogP contribution in [-0.2, 0) is 0 Å². The summed E-state index contributed by atoms with van der Waals surface area (Å²) in [6.45, 7) is 1.91. The normalized spacial score (nSPS) is 20.1. The van der Waals surface area contributed by atoms with Gasteiger partial charge >= 0.3 is 0 Å². The molecule has 1 aliphatic rings. The fourth-order valence-corrected chi connectivity index (χ4v) is 3.16. The third-order valence-electron chi connectivity index (χ3n) is 3.46. The second-order valence-electron chi connectivity index (χ2n) is 4.77. The zero-order valence-electron chi connectivity index (χ0n) is 10.4. The molecule has 18 heavy (non-hydrogen) atoms. The van der Waals surface area contributed by atoms with Gasteiger partial charge in [-0.15, -0.1) is 0 Å². The Hall–Kier alpha value is -1.13. The maximum absolute atomic E-state index is 5.82. The Morgan fingerprint density at radius 1 is 1.33 bits per heavy atom. The zero-order chi connectivity index (χ0) is 12.2. The molecule has 1 aromatic carbocycles. The number of ether oxygens (including phenoxy) is 1. The molecule has 2 aromatic rings. The van der Waals surface area contributed by atoms with Crippen molar-refractivity contribution in [2.24, 2.45) is 0 Å². The van der Waals surface area contributed by atoms with Gasteiger partial charge in [0.15, 0.2) is 0 Å². The summed E-state index contributed by atoms with van der Waals surface area (Å²) in [4.78, 5) is 0. The number of piperidine rings is 1. The van der Waals surface area contributed by atoms with Crippen molar-refractivity contribution in [1.82, 2.24) is 9.69 Å². The molecule has 1 fully saturated rings. The number of aromatic nitrogens is 1. The third kappa shape index (κ3) is 2.65. The molecule has 0 unspecified atom stereocenters. The minimum atomic E-state index is 0.628. The van der Waals surface area contributed by atoms with Crippen LogP contribution in [0, 0.1) is 0 Å². The average Bonchev–Trinajstić information content (AvgIpc) is 2.84. The molecule has 3 nitrogen and oxygen atoms in total. The fourth-order valence-electron chi connectivity index (χ4n) is 2.44. The lowest BCUT2D eigenvalue weighted by Gasteiger charge is -2.23. The lowest BCUT2D eigenvalue weighted by atomic mass is 10.0. The topological polar surface area (TPSA) is 34.1 Å². The van der Waals surface area contributed by atoms with Gasteiger partial charge in [0.1, 0.15) is 0 Å². The van der Waals surface area contributed by atoms with Gasteiger partial charge in [-0.3, -0.25) is 0 Å². The summed E-state index contributed by atoms with van der Waals surface area (Å²) in [5, 5.41) is 4.68. The molecule has 2 heterocycles. The van der Waals surface area contributed by atoms with Crippen molar-refractivity contribution in [2.45, 2.75) is 31.7 Å². The molecule has 96 valence electrons. The van der Waals surface area contributed by atoms with E-state index in [-0.39, 0.29) is 0 Å². The smallest absolute Gasteiger partial charge is 0.233 e. The summed E-state index contributed by atoms with van der Waals surface area (Å²) in [6.07, 6.45) is 5.01. The largest absolute Gasteiger partial charge is 0.477 e. The van der Waals surface area contributed by atoms with E-state index in [2.05, 4.69) is 21.8 Å². The highest BCUT2D eigenvalue weighted by Crippen LogP contribution is 2.28. The minimum Gasteiger partial charge on any atom is -0.477 e. The lowest BCUT2D eigenvalue weighted by molar-refractivity contribution is 0.265. The molecule has 1 N–H and O–H groups in total. The number of nitrogens with zero attached hydrogens (tertiary/aromatic N) is 1. The molecular formula is C14H18N2OS. The van der Waals surface area contributed by atoms with Crippen LogP contribution in [0.4, 0.5) is 0 Å². The third-order valence-corrected chi connectivity index (χ3v) is 4.27. The standard InChI is InChI=1S/C14H18N2OS/c1-2-7-13-12(6-1)14(16-18-13)17-10-8-11-5-3-4-9-15-11/h1-2,6-7,11,15H,3-5,8-10H2/t11-/m0/s1. The SMILES string of the molecule is c1ccc2c(OCC[C@@H]3CCCCN3)nsc2c1. The highest BCUT2D eigenvalue weighted by Gasteiger charge is 2.13. The van der Waals surface area contributed by atoms with E-state index in [1.807, 2.05) is 12.1 Å². The predicted molar refractivity (Wildman–Crippen MR) is 75.4 cm³/mol. The molecule has 1 atom stereocenters. The summed E-state index contributed by atoms with van der Waals surface area (Å²) < 4.78 is 11.4. The van der Waals surface area contributed by atoms with E-state index in [0.717, 1.165) is 30.8 Å². The Balaban J connectivity index is 1.56. The van der Waals surface area contributed by atoms with Gasteiger partial charge < -0.3 is 10.1 Å². The summed E-state index contributed by atoms with van der Waals surface area (Å²) in [5.41, 5.74) is 0. The highest BCUT2D eigenvalue weighted by molar-refractivity contribution is 7.13. The zero-order valence-corrected chi connectivity index (χ0v) is 11.2. The monoisotopic (exact) mass is 262 g/mol. The Morgan fingerprint density at radius 2 is 2.28 bits per heavy atom. The van der Waals surface area contributed by atoms with Gasteiger partial charge in [0.25, 0.3) is 0 Å². The number of hydrogen-bond donors (Lipinski definition) is 1. The van der Waals surface area contributed by atoms with E-state index < -0.39 is 0 Å². The molecule has 0 amide bonds. The molecule has 3 rings (SSSR count).